The molecule has 4 rings (SSSR count). The highest BCUT2D eigenvalue weighted by atomic mass is 35.5. The molecule has 0 aliphatic carbocycles. The third-order valence-corrected chi connectivity index (χ3v) is 7.04. The third-order valence-electron chi connectivity index (χ3n) is 5.61. The zero-order valence-electron chi connectivity index (χ0n) is 17.6. The minimum absolute atomic E-state index is 0.103. The molecule has 1 fully saturated rings. The lowest BCUT2D eigenvalue weighted by atomic mass is 9.92. The molecule has 1 aromatic carbocycles. The number of hydrogen-bond donors (Lipinski definition) is 0. The van der Waals surface area contributed by atoms with Crippen molar-refractivity contribution in [3.8, 4) is 0 Å². The summed E-state index contributed by atoms with van der Waals surface area (Å²) in [6.45, 7) is 7.40. The van der Waals surface area contributed by atoms with E-state index in [1.807, 2.05) is 43.9 Å². The first-order valence-corrected chi connectivity index (χ1v) is 11.5. The molecule has 3 heterocycles. The molecule has 1 aliphatic heterocycles. The van der Waals surface area contributed by atoms with E-state index in [-0.39, 0.29) is 11.8 Å². The van der Waals surface area contributed by atoms with Crippen LogP contribution in [0.15, 0.2) is 36.4 Å². The molecule has 0 radical (unpaired) electrons. The topological polar surface area (TPSA) is 46.1 Å². The molecule has 0 unspecified atom stereocenters. The van der Waals surface area contributed by atoms with E-state index in [2.05, 4.69) is 23.2 Å². The Balaban J connectivity index is 1.55. The van der Waals surface area contributed by atoms with E-state index in [4.69, 9.17) is 16.6 Å². The standard InChI is InChI=1S/C24H26ClN3OS/c1-15-11-18(12-19-7-4-5-9-21(19)25)13-22(26-15)20-8-6-10-28(14-20)24(29)23-16(2)27-17(3)30-23/h4-5,7,9,11,13,20H,6,8,10,12,14H2,1-3H3/t20-/m1/s1. The summed E-state index contributed by atoms with van der Waals surface area (Å²) < 4.78 is 0. The van der Waals surface area contributed by atoms with Gasteiger partial charge in [-0.25, -0.2) is 4.98 Å². The molecule has 0 bridgehead atoms. The number of amides is 1. The van der Waals surface area contributed by atoms with Gasteiger partial charge >= 0.3 is 0 Å². The highest BCUT2D eigenvalue weighted by molar-refractivity contribution is 7.13. The van der Waals surface area contributed by atoms with Crippen molar-refractivity contribution in [2.24, 2.45) is 0 Å². The van der Waals surface area contributed by atoms with Crippen LogP contribution in [0.4, 0.5) is 0 Å². The lowest BCUT2D eigenvalue weighted by Crippen LogP contribution is -2.39. The van der Waals surface area contributed by atoms with Crippen molar-refractivity contribution in [1.29, 1.82) is 0 Å². The molecule has 0 N–H and O–H groups in total. The number of aryl methyl sites for hydroxylation is 3. The van der Waals surface area contributed by atoms with Crippen molar-refractivity contribution in [2.45, 2.75) is 46.0 Å². The average Bonchev–Trinajstić information content (AvgIpc) is 3.07. The molecule has 3 aromatic rings. The fourth-order valence-corrected chi connectivity index (χ4v) is 5.31. The van der Waals surface area contributed by atoms with Crippen LogP contribution < -0.4 is 0 Å². The number of piperidine rings is 1. The van der Waals surface area contributed by atoms with Crippen LogP contribution in [0.25, 0.3) is 0 Å². The van der Waals surface area contributed by atoms with Crippen LogP contribution >= 0.6 is 22.9 Å². The summed E-state index contributed by atoms with van der Waals surface area (Å²) in [6.07, 6.45) is 2.82. The second-order valence-corrected chi connectivity index (χ2v) is 9.66. The number of rotatable bonds is 4. The van der Waals surface area contributed by atoms with Crippen LogP contribution in [0.3, 0.4) is 0 Å². The van der Waals surface area contributed by atoms with Gasteiger partial charge in [-0.1, -0.05) is 29.8 Å². The summed E-state index contributed by atoms with van der Waals surface area (Å²) in [5, 5.41) is 1.73. The van der Waals surface area contributed by atoms with E-state index in [0.29, 0.717) is 6.54 Å². The molecule has 1 saturated heterocycles. The first-order chi connectivity index (χ1) is 14.4. The Morgan fingerprint density at radius 3 is 2.73 bits per heavy atom. The number of carbonyl (C=O) groups is 1. The lowest BCUT2D eigenvalue weighted by Gasteiger charge is -2.32. The van der Waals surface area contributed by atoms with Crippen molar-refractivity contribution in [1.82, 2.24) is 14.9 Å². The minimum Gasteiger partial charge on any atom is -0.337 e. The van der Waals surface area contributed by atoms with Crippen LogP contribution in [0.5, 0.6) is 0 Å². The lowest BCUT2D eigenvalue weighted by molar-refractivity contribution is 0.0710. The Hall–Kier alpha value is -2.24. The Bertz CT molecular complexity index is 1080. The predicted molar refractivity (Wildman–Crippen MR) is 123 cm³/mol. The van der Waals surface area contributed by atoms with Gasteiger partial charge in [-0.05, 0) is 69.4 Å². The van der Waals surface area contributed by atoms with E-state index < -0.39 is 0 Å². The van der Waals surface area contributed by atoms with Gasteiger partial charge in [0.25, 0.3) is 5.91 Å². The summed E-state index contributed by atoms with van der Waals surface area (Å²) in [7, 11) is 0. The smallest absolute Gasteiger partial charge is 0.265 e. The zero-order valence-corrected chi connectivity index (χ0v) is 19.2. The number of carbonyl (C=O) groups excluding carboxylic acids is 1. The third kappa shape index (κ3) is 4.57. The van der Waals surface area contributed by atoms with E-state index in [0.717, 1.165) is 63.4 Å². The largest absolute Gasteiger partial charge is 0.337 e. The molecular weight excluding hydrogens is 414 g/mol. The molecule has 4 nitrogen and oxygen atoms in total. The molecule has 156 valence electrons. The molecule has 30 heavy (non-hydrogen) atoms. The Kier molecular flexibility index (Phi) is 6.21. The van der Waals surface area contributed by atoms with E-state index in [9.17, 15) is 4.79 Å². The van der Waals surface area contributed by atoms with Crippen molar-refractivity contribution in [2.75, 3.05) is 13.1 Å². The number of thiazole rings is 1. The van der Waals surface area contributed by atoms with Gasteiger partial charge < -0.3 is 4.90 Å². The van der Waals surface area contributed by atoms with Gasteiger partial charge in [0, 0.05) is 35.4 Å². The summed E-state index contributed by atoms with van der Waals surface area (Å²) in [5.74, 6) is 0.355. The maximum atomic E-state index is 13.1. The van der Waals surface area contributed by atoms with Gasteiger partial charge in [0.05, 0.1) is 10.7 Å². The first-order valence-electron chi connectivity index (χ1n) is 10.3. The fourth-order valence-electron chi connectivity index (χ4n) is 4.22. The van der Waals surface area contributed by atoms with Crippen LogP contribution in [-0.4, -0.2) is 33.9 Å². The highest BCUT2D eigenvalue weighted by Gasteiger charge is 2.28. The Morgan fingerprint density at radius 1 is 1.20 bits per heavy atom. The second kappa shape index (κ2) is 8.86. The summed E-state index contributed by atoms with van der Waals surface area (Å²) in [5.41, 5.74) is 5.24. The van der Waals surface area contributed by atoms with Gasteiger partial charge in [-0.15, -0.1) is 11.3 Å². The normalized spacial score (nSPS) is 16.7. The van der Waals surface area contributed by atoms with Crippen molar-refractivity contribution >= 4 is 28.8 Å². The van der Waals surface area contributed by atoms with Gasteiger partial charge in [-0.2, -0.15) is 0 Å². The van der Waals surface area contributed by atoms with E-state index in [1.165, 1.54) is 16.9 Å². The van der Waals surface area contributed by atoms with E-state index >= 15 is 0 Å². The number of benzene rings is 1. The van der Waals surface area contributed by atoms with E-state index in [1.54, 1.807) is 0 Å². The molecule has 0 saturated carbocycles. The Labute approximate surface area is 186 Å². The molecule has 6 heteroatoms. The van der Waals surface area contributed by atoms with Crippen molar-refractivity contribution in [3.05, 3.63) is 79.5 Å². The molecule has 1 aliphatic rings. The van der Waals surface area contributed by atoms with Crippen LogP contribution in [-0.2, 0) is 6.42 Å². The molecular formula is C24H26ClN3OS. The van der Waals surface area contributed by atoms with Gasteiger partial charge in [0.2, 0.25) is 0 Å². The monoisotopic (exact) mass is 439 g/mol. The van der Waals surface area contributed by atoms with Crippen molar-refractivity contribution in [3.63, 3.8) is 0 Å². The maximum absolute atomic E-state index is 13.1. The number of hydrogen-bond acceptors (Lipinski definition) is 4. The molecule has 0 spiro atoms. The average molecular weight is 440 g/mol. The highest BCUT2D eigenvalue weighted by Crippen LogP contribution is 2.30. The first kappa shape index (κ1) is 21.0. The number of likely N-dealkylation sites (tertiary alicyclic amines) is 1. The van der Waals surface area contributed by atoms with Gasteiger partial charge in [0.1, 0.15) is 4.88 Å². The van der Waals surface area contributed by atoms with Crippen molar-refractivity contribution < 1.29 is 4.79 Å². The zero-order chi connectivity index (χ0) is 21.3. The minimum atomic E-state index is 0.103. The summed E-state index contributed by atoms with van der Waals surface area (Å²) in [6, 6.07) is 12.3. The maximum Gasteiger partial charge on any atom is 0.265 e. The molecule has 1 amide bonds. The van der Waals surface area contributed by atoms with Crippen LogP contribution in [0.1, 0.15) is 61.6 Å². The predicted octanol–water partition coefficient (Wildman–Crippen LogP) is 5.73. The molecule has 2 aromatic heterocycles. The summed E-state index contributed by atoms with van der Waals surface area (Å²) >= 11 is 7.86. The number of halogens is 1. The molecule has 1 atom stereocenters. The number of nitrogens with zero attached hydrogens (tertiary/aromatic N) is 3. The van der Waals surface area contributed by atoms with Gasteiger partial charge in [0.15, 0.2) is 0 Å². The SMILES string of the molecule is Cc1cc(Cc2ccccc2Cl)cc([C@@H]2CCCN(C(=O)c3sc(C)nc3C)C2)n1. The second-order valence-electron chi connectivity index (χ2n) is 8.05. The number of aromatic nitrogens is 2. The van der Waals surface area contributed by atoms with Crippen LogP contribution in [0.2, 0.25) is 5.02 Å². The Morgan fingerprint density at radius 2 is 2.00 bits per heavy atom. The number of pyridine rings is 1. The quantitative estimate of drug-likeness (QED) is 0.521. The summed E-state index contributed by atoms with van der Waals surface area (Å²) in [4.78, 5) is 25.1. The van der Waals surface area contributed by atoms with Crippen LogP contribution in [0, 0.1) is 20.8 Å². The van der Waals surface area contributed by atoms with Gasteiger partial charge in [-0.3, -0.25) is 9.78 Å². The fraction of sp³-hybridized carbons (Fsp3) is 0.375.